The second-order valence-electron chi connectivity index (χ2n) is 11.5. The molecule has 3 aromatic carbocycles. The fourth-order valence-corrected chi connectivity index (χ4v) is 5.78. The van der Waals surface area contributed by atoms with Crippen LogP contribution in [-0.2, 0) is 30.9 Å². The maximum atomic E-state index is 15.6. The van der Waals surface area contributed by atoms with Crippen LogP contribution in [0.5, 0.6) is 0 Å². The standard InChI is InChI=1S/C33H3F24N3/c1-5-9(21(35)17(31(49,50)51)26(40)20(5)34)6(2-58)10-11(7(3-59)13-15(29(43,44)45)24(38)27(41)18(22(13)36)32(52,53)54)12(10)8(4-60)14-16(30(46,47)48)25(39)28(42)19(23(14)37)33(55,56)57/h1H3. The van der Waals surface area contributed by atoms with Gasteiger partial charge in [0.25, 0.3) is 0 Å². The lowest BCUT2D eigenvalue weighted by Gasteiger charge is -2.19. The van der Waals surface area contributed by atoms with Crippen molar-refractivity contribution in [1.82, 2.24) is 0 Å². The molecule has 0 aliphatic heterocycles. The highest BCUT2D eigenvalue weighted by atomic mass is 19.4. The van der Waals surface area contributed by atoms with Gasteiger partial charge in [-0.25, -0.2) is 39.5 Å². The van der Waals surface area contributed by atoms with Gasteiger partial charge in [-0.2, -0.15) is 81.6 Å². The van der Waals surface area contributed by atoms with Crippen molar-refractivity contribution < 1.29 is 105 Å². The summed E-state index contributed by atoms with van der Waals surface area (Å²) in [5.41, 5.74) is -43.4. The average Bonchev–Trinajstić information content (AvgIpc) is 3.78. The zero-order valence-electron chi connectivity index (χ0n) is 27.4. The van der Waals surface area contributed by atoms with E-state index in [1.807, 2.05) is 0 Å². The largest absolute Gasteiger partial charge is 0.422 e. The Bertz CT molecular complexity index is 2510. The molecule has 0 radical (unpaired) electrons. The van der Waals surface area contributed by atoms with E-state index in [4.69, 9.17) is 0 Å². The van der Waals surface area contributed by atoms with Crippen molar-refractivity contribution in [2.75, 3.05) is 0 Å². The van der Waals surface area contributed by atoms with Crippen LogP contribution in [-0.4, -0.2) is 0 Å². The fourth-order valence-electron chi connectivity index (χ4n) is 5.78. The van der Waals surface area contributed by atoms with Gasteiger partial charge in [0, 0.05) is 33.4 Å². The third-order valence-electron chi connectivity index (χ3n) is 8.14. The van der Waals surface area contributed by atoms with Crippen LogP contribution in [0.25, 0.3) is 16.7 Å². The number of hydrogen-bond acceptors (Lipinski definition) is 3. The van der Waals surface area contributed by atoms with Gasteiger partial charge in [0.2, 0.25) is 0 Å². The number of hydrogen-bond donors (Lipinski definition) is 0. The van der Waals surface area contributed by atoms with Crippen molar-refractivity contribution in [3.8, 4) is 18.2 Å². The minimum atomic E-state index is -6.73. The van der Waals surface area contributed by atoms with E-state index in [0.29, 0.717) is 18.2 Å². The number of nitriles is 3. The molecule has 0 N–H and O–H groups in total. The Labute approximate surface area is 313 Å². The van der Waals surface area contributed by atoms with Crippen molar-refractivity contribution >= 4 is 16.7 Å². The molecule has 0 saturated heterocycles. The third-order valence-corrected chi connectivity index (χ3v) is 8.14. The quantitative estimate of drug-likeness (QED) is 0.149. The number of allylic oxidation sites excluding steroid dienone is 6. The number of benzene rings is 3. The summed E-state index contributed by atoms with van der Waals surface area (Å²) in [7, 11) is 0. The second kappa shape index (κ2) is 14.4. The summed E-state index contributed by atoms with van der Waals surface area (Å²) in [4.78, 5) is 0. The molecule has 0 heterocycles. The van der Waals surface area contributed by atoms with Crippen molar-refractivity contribution in [3.63, 3.8) is 0 Å². The number of alkyl halides is 15. The lowest BCUT2D eigenvalue weighted by Crippen LogP contribution is -2.22. The summed E-state index contributed by atoms with van der Waals surface area (Å²) in [6.45, 7) is 0.0548. The Morgan fingerprint density at radius 1 is 0.317 bits per heavy atom. The van der Waals surface area contributed by atoms with Crippen molar-refractivity contribution in [1.29, 1.82) is 15.8 Å². The van der Waals surface area contributed by atoms with Gasteiger partial charge in [0.1, 0.15) is 63.5 Å². The summed E-state index contributed by atoms with van der Waals surface area (Å²) in [5, 5.41) is 29.6. The zero-order chi connectivity index (χ0) is 46.5. The highest BCUT2D eigenvalue weighted by Crippen LogP contribution is 2.60. The lowest BCUT2D eigenvalue weighted by molar-refractivity contribution is -0.147. The Hall–Kier alpha value is -6.33. The molecule has 0 spiro atoms. The van der Waals surface area contributed by atoms with Crippen LogP contribution < -0.4 is 0 Å². The highest BCUT2D eigenvalue weighted by Gasteiger charge is 2.54. The first-order valence-corrected chi connectivity index (χ1v) is 14.5. The molecule has 1 fully saturated rings. The molecule has 3 aromatic rings. The first kappa shape index (κ1) is 46.4. The average molecular weight is 897 g/mol. The molecule has 0 unspecified atom stereocenters. The van der Waals surface area contributed by atoms with Crippen molar-refractivity contribution in [3.05, 3.63) is 119 Å². The number of halogens is 24. The predicted molar refractivity (Wildman–Crippen MR) is 146 cm³/mol. The van der Waals surface area contributed by atoms with E-state index in [0.717, 1.165) is 0 Å². The monoisotopic (exact) mass is 897 g/mol. The fraction of sp³-hybridized carbons (Fsp3) is 0.182. The Kier molecular flexibility index (Phi) is 11.2. The molecule has 4 rings (SSSR count). The van der Waals surface area contributed by atoms with Gasteiger partial charge in [-0.05, 0) is 12.5 Å². The van der Waals surface area contributed by atoms with E-state index in [1.165, 1.54) is 0 Å². The number of rotatable bonds is 3. The summed E-state index contributed by atoms with van der Waals surface area (Å²) in [6.07, 6.45) is -33.1. The minimum Gasteiger partial charge on any atom is -0.205 e. The molecular formula is C33H3F24N3. The van der Waals surface area contributed by atoms with E-state index in [1.54, 1.807) is 0 Å². The molecule has 27 heteroatoms. The lowest BCUT2D eigenvalue weighted by atomic mass is 9.92. The molecule has 0 bridgehead atoms. The van der Waals surface area contributed by atoms with Crippen LogP contribution in [0.3, 0.4) is 0 Å². The van der Waals surface area contributed by atoms with Gasteiger partial charge in [-0.3, -0.25) is 0 Å². The maximum absolute atomic E-state index is 15.6. The van der Waals surface area contributed by atoms with Crippen molar-refractivity contribution in [2.45, 2.75) is 37.8 Å². The third kappa shape index (κ3) is 7.21. The van der Waals surface area contributed by atoms with E-state index in [-0.39, 0.29) is 6.92 Å². The van der Waals surface area contributed by atoms with E-state index >= 15 is 13.2 Å². The van der Waals surface area contributed by atoms with Crippen LogP contribution in [0.4, 0.5) is 105 Å². The Balaban J connectivity index is 2.58. The first-order valence-electron chi connectivity index (χ1n) is 14.5. The highest BCUT2D eigenvalue weighted by molar-refractivity contribution is 6.13. The van der Waals surface area contributed by atoms with Crippen LogP contribution in [0.2, 0.25) is 0 Å². The predicted octanol–water partition coefficient (Wildman–Crippen LogP) is 12.6. The van der Waals surface area contributed by atoms with Crippen LogP contribution in [0, 0.1) is 93.3 Å². The molecule has 318 valence electrons. The second-order valence-corrected chi connectivity index (χ2v) is 11.5. The van der Waals surface area contributed by atoms with E-state index in [2.05, 4.69) is 0 Å². The van der Waals surface area contributed by atoms with Crippen LogP contribution in [0.1, 0.15) is 50.1 Å². The van der Waals surface area contributed by atoms with Gasteiger partial charge in [0.05, 0.1) is 16.7 Å². The van der Waals surface area contributed by atoms with Crippen molar-refractivity contribution in [2.24, 2.45) is 0 Å². The molecule has 1 aliphatic rings. The van der Waals surface area contributed by atoms with E-state index < -0.39 is 167 Å². The molecule has 60 heavy (non-hydrogen) atoms. The van der Waals surface area contributed by atoms with Gasteiger partial charge < -0.3 is 0 Å². The summed E-state index contributed by atoms with van der Waals surface area (Å²) >= 11 is 0. The van der Waals surface area contributed by atoms with Gasteiger partial charge >= 0.3 is 30.9 Å². The van der Waals surface area contributed by atoms with Gasteiger partial charge in [-0.15, -0.1) is 0 Å². The molecule has 0 amide bonds. The molecular weight excluding hydrogens is 894 g/mol. The zero-order valence-corrected chi connectivity index (χ0v) is 27.4. The molecule has 3 nitrogen and oxygen atoms in total. The van der Waals surface area contributed by atoms with E-state index in [9.17, 15) is 108 Å². The topological polar surface area (TPSA) is 71.4 Å². The molecule has 1 saturated carbocycles. The first-order chi connectivity index (χ1) is 27.1. The molecule has 1 aliphatic carbocycles. The molecule has 0 aromatic heterocycles. The van der Waals surface area contributed by atoms with Gasteiger partial charge in [0.15, 0.2) is 34.9 Å². The smallest absolute Gasteiger partial charge is 0.205 e. The Morgan fingerprint density at radius 2 is 0.517 bits per heavy atom. The minimum absolute atomic E-state index is 0.0548. The van der Waals surface area contributed by atoms with Crippen LogP contribution >= 0.6 is 0 Å². The van der Waals surface area contributed by atoms with Crippen LogP contribution in [0.15, 0.2) is 16.7 Å². The SMILES string of the molecule is Cc1c(F)c(F)c(C(F)(F)F)c(F)c1C(C#N)=C1C(=C(C#N)c2c(F)c(C(F)(F)F)c(F)c(F)c2C(F)(F)F)C1=C(C#N)c1c(F)c(C(F)(F)F)c(F)c(F)c1C(F)(F)F. The summed E-state index contributed by atoms with van der Waals surface area (Å²) < 4.78 is 343. The van der Waals surface area contributed by atoms with Gasteiger partial charge in [-0.1, -0.05) is 0 Å². The summed E-state index contributed by atoms with van der Waals surface area (Å²) in [6, 6.07) is 1.25. The maximum Gasteiger partial charge on any atom is 0.422 e. The summed E-state index contributed by atoms with van der Waals surface area (Å²) in [5.74, 6) is -31.6. The number of nitrogens with zero attached hydrogens (tertiary/aromatic N) is 3. The normalized spacial score (nSPS) is 15.4. The Morgan fingerprint density at radius 3 is 0.750 bits per heavy atom. The molecule has 0 atom stereocenters.